The number of sulfonamides is 1. The average molecular weight is 270 g/mol. The van der Waals surface area contributed by atoms with Crippen LogP contribution < -0.4 is 0 Å². The van der Waals surface area contributed by atoms with Crippen molar-refractivity contribution in [1.29, 1.82) is 0 Å². The van der Waals surface area contributed by atoms with Gasteiger partial charge in [-0.2, -0.15) is 4.31 Å². The fraction of sp³-hybridized carbons (Fsp3) is 0.455. The molecule has 1 fully saturated rings. The largest absolute Gasteiger partial charge is 0.480 e. The number of pyridine rings is 1. The van der Waals surface area contributed by atoms with Gasteiger partial charge in [0, 0.05) is 18.9 Å². The molecule has 1 saturated heterocycles. The molecule has 0 bridgehead atoms. The van der Waals surface area contributed by atoms with E-state index in [2.05, 4.69) is 4.98 Å². The minimum absolute atomic E-state index is 0.0272. The van der Waals surface area contributed by atoms with Crippen LogP contribution in [0, 0.1) is 0 Å². The fourth-order valence-electron chi connectivity index (χ4n) is 2.16. The molecule has 0 radical (unpaired) electrons. The molecular weight excluding hydrogens is 256 g/mol. The van der Waals surface area contributed by atoms with Gasteiger partial charge in [-0.1, -0.05) is 0 Å². The maximum Gasteiger partial charge on any atom is 0.324 e. The molecule has 1 aliphatic heterocycles. The SMILES string of the molecule is CC1(C(=O)O)CCCN1S(=O)(=O)c1cccnc1. The van der Waals surface area contributed by atoms with Crippen molar-refractivity contribution in [3.8, 4) is 0 Å². The summed E-state index contributed by atoms with van der Waals surface area (Å²) in [5.41, 5.74) is -1.37. The van der Waals surface area contributed by atoms with E-state index in [1.807, 2.05) is 0 Å². The first kappa shape index (κ1) is 13.0. The number of aliphatic carboxylic acids is 1. The predicted molar refractivity (Wildman–Crippen MR) is 63.4 cm³/mol. The molecule has 1 aromatic rings. The zero-order chi connectivity index (χ0) is 13.4. The number of hydrogen-bond acceptors (Lipinski definition) is 4. The molecule has 0 amide bonds. The van der Waals surface area contributed by atoms with Crippen molar-refractivity contribution in [3.05, 3.63) is 24.5 Å². The lowest BCUT2D eigenvalue weighted by Gasteiger charge is -2.30. The molecule has 18 heavy (non-hydrogen) atoms. The van der Waals surface area contributed by atoms with Crippen LogP contribution in [0.4, 0.5) is 0 Å². The smallest absolute Gasteiger partial charge is 0.324 e. The highest BCUT2D eigenvalue weighted by molar-refractivity contribution is 7.89. The molecular formula is C11H14N2O4S. The van der Waals surface area contributed by atoms with E-state index >= 15 is 0 Å². The van der Waals surface area contributed by atoms with E-state index in [4.69, 9.17) is 0 Å². The second kappa shape index (κ2) is 4.33. The molecule has 0 saturated carbocycles. The van der Waals surface area contributed by atoms with Gasteiger partial charge in [0.05, 0.1) is 0 Å². The van der Waals surface area contributed by atoms with Gasteiger partial charge in [-0.15, -0.1) is 0 Å². The number of aromatic nitrogens is 1. The highest BCUT2D eigenvalue weighted by Gasteiger charge is 2.49. The number of carboxylic acids is 1. The minimum atomic E-state index is -3.80. The topological polar surface area (TPSA) is 87.6 Å². The number of carbonyl (C=O) groups is 1. The van der Waals surface area contributed by atoms with Crippen molar-refractivity contribution in [2.75, 3.05) is 6.54 Å². The fourth-order valence-corrected chi connectivity index (χ4v) is 3.93. The monoisotopic (exact) mass is 270 g/mol. The van der Waals surface area contributed by atoms with E-state index in [9.17, 15) is 18.3 Å². The van der Waals surface area contributed by atoms with Crippen LogP contribution in [-0.4, -0.2) is 40.9 Å². The van der Waals surface area contributed by atoms with Gasteiger partial charge in [-0.05, 0) is 31.9 Å². The Hall–Kier alpha value is -1.47. The van der Waals surface area contributed by atoms with Gasteiger partial charge in [-0.25, -0.2) is 8.42 Å². The standard InChI is InChI=1S/C11H14N2O4S/c1-11(10(14)15)5-3-7-13(11)18(16,17)9-4-2-6-12-8-9/h2,4,6,8H,3,5,7H2,1H3,(H,14,15). The summed E-state index contributed by atoms with van der Waals surface area (Å²) in [6.07, 6.45) is 3.57. The van der Waals surface area contributed by atoms with Crippen molar-refractivity contribution < 1.29 is 18.3 Å². The van der Waals surface area contributed by atoms with Crippen molar-refractivity contribution in [1.82, 2.24) is 9.29 Å². The average Bonchev–Trinajstić information content (AvgIpc) is 2.75. The van der Waals surface area contributed by atoms with Crippen LogP contribution in [0.3, 0.4) is 0 Å². The Kier molecular flexibility index (Phi) is 3.12. The van der Waals surface area contributed by atoms with E-state index < -0.39 is 21.5 Å². The number of nitrogens with zero attached hydrogens (tertiary/aromatic N) is 2. The van der Waals surface area contributed by atoms with Gasteiger partial charge in [0.15, 0.2) is 0 Å². The van der Waals surface area contributed by atoms with Crippen LogP contribution in [0.2, 0.25) is 0 Å². The Morgan fingerprint density at radius 2 is 2.28 bits per heavy atom. The van der Waals surface area contributed by atoms with Crippen LogP contribution in [0.15, 0.2) is 29.4 Å². The van der Waals surface area contributed by atoms with Gasteiger partial charge in [-0.3, -0.25) is 9.78 Å². The highest BCUT2D eigenvalue weighted by Crippen LogP contribution is 2.34. The van der Waals surface area contributed by atoms with E-state index in [0.29, 0.717) is 12.8 Å². The molecule has 0 aromatic carbocycles. The number of rotatable bonds is 3. The molecule has 1 N–H and O–H groups in total. The molecule has 6 nitrogen and oxygen atoms in total. The lowest BCUT2D eigenvalue weighted by atomic mass is 10.0. The number of hydrogen-bond donors (Lipinski definition) is 1. The molecule has 1 atom stereocenters. The Morgan fingerprint density at radius 1 is 1.56 bits per heavy atom. The number of carboxylic acid groups (broad SMARTS) is 1. The van der Waals surface area contributed by atoms with E-state index in [0.717, 1.165) is 4.31 Å². The molecule has 1 aliphatic rings. The summed E-state index contributed by atoms with van der Waals surface area (Å²) in [5.74, 6) is -1.12. The van der Waals surface area contributed by atoms with Crippen molar-refractivity contribution in [3.63, 3.8) is 0 Å². The second-order valence-electron chi connectivity index (χ2n) is 4.45. The van der Waals surface area contributed by atoms with Crippen LogP contribution in [0.5, 0.6) is 0 Å². The van der Waals surface area contributed by atoms with Gasteiger partial charge in [0.2, 0.25) is 10.0 Å². The summed E-state index contributed by atoms with van der Waals surface area (Å²) in [5, 5.41) is 9.23. The Bertz CT molecular complexity index is 558. The summed E-state index contributed by atoms with van der Waals surface area (Å²) in [4.78, 5) is 15.1. The van der Waals surface area contributed by atoms with Gasteiger partial charge in [0.25, 0.3) is 0 Å². The quantitative estimate of drug-likeness (QED) is 0.874. The lowest BCUT2D eigenvalue weighted by molar-refractivity contribution is -0.146. The maximum absolute atomic E-state index is 12.4. The zero-order valence-electron chi connectivity index (χ0n) is 9.91. The molecule has 2 rings (SSSR count). The third-order valence-corrected chi connectivity index (χ3v) is 5.26. The maximum atomic E-state index is 12.4. The van der Waals surface area contributed by atoms with E-state index in [-0.39, 0.29) is 11.4 Å². The first-order chi connectivity index (χ1) is 8.39. The van der Waals surface area contributed by atoms with Crippen LogP contribution in [0.25, 0.3) is 0 Å². The Balaban J connectivity index is 2.46. The van der Waals surface area contributed by atoms with Gasteiger partial charge < -0.3 is 5.11 Å². The lowest BCUT2D eigenvalue weighted by Crippen LogP contribution is -2.50. The van der Waals surface area contributed by atoms with E-state index in [1.54, 1.807) is 0 Å². The second-order valence-corrected chi connectivity index (χ2v) is 6.31. The van der Waals surface area contributed by atoms with Crippen molar-refractivity contribution >= 4 is 16.0 Å². The third-order valence-electron chi connectivity index (χ3n) is 3.26. The first-order valence-corrected chi connectivity index (χ1v) is 6.99. The Morgan fingerprint density at radius 3 is 2.83 bits per heavy atom. The molecule has 98 valence electrons. The highest BCUT2D eigenvalue weighted by atomic mass is 32.2. The summed E-state index contributed by atoms with van der Waals surface area (Å²) in [6.45, 7) is 1.66. The third kappa shape index (κ3) is 1.89. The summed E-state index contributed by atoms with van der Waals surface area (Å²) >= 11 is 0. The molecule has 0 aliphatic carbocycles. The molecule has 1 aromatic heterocycles. The van der Waals surface area contributed by atoms with Crippen molar-refractivity contribution in [2.45, 2.75) is 30.2 Å². The summed E-state index contributed by atoms with van der Waals surface area (Å²) < 4.78 is 25.8. The normalized spacial score (nSPS) is 25.2. The van der Waals surface area contributed by atoms with Crippen molar-refractivity contribution in [2.24, 2.45) is 0 Å². The van der Waals surface area contributed by atoms with Crippen LogP contribution in [0.1, 0.15) is 19.8 Å². The molecule has 7 heteroatoms. The van der Waals surface area contributed by atoms with Gasteiger partial charge in [0.1, 0.15) is 10.4 Å². The zero-order valence-corrected chi connectivity index (χ0v) is 10.7. The molecule has 1 unspecified atom stereocenters. The van der Waals surface area contributed by atoms with Gasteiger partial charge >= 0.3 is 5.97 Å². The Labute approximate surface area is 105 Å². The van der Waals surface area contributed by atoms with Crippen LogP contribution >= 0.6 is 0 Å². The predicted octanol–water partition coefficient (Wildman–Crippen LogP) is 0.709. The summed E-state index contributed by atoms with van der Waals surface area (Å²) in [7, 11) is -3.80. The molecule has 2 heterocycles. The molecule has 0 spiro atoms. The van der Waals surface area contributed by atoms with Crippen LogP contribution in [-0.2, 0) is 14.8 Å². The first-order valence-electron chi connectivity index (χ1n) is 5.55. The summed E-state index contributed by atoms with van der Waals surface area (Å²) in [6, 6.07) is 2.93. The minimum Gasteiger partial charge on any atom is -0.480 e. The van der Waals surface area contributed by atoms with E-state index in [1.165, 1.54) is 31.5 Å².